The van der Waals surface area contributed by atoms with Crippen molar-refractivity contribution in [2.45, 2.75) is 38.7 Å². The predicted octanol–water partition coefficient (Wildman–Crippen LogP) is 5.62. The molecule has 4 heteroatoms. The van der Waals surface area contributed by atoms with Crippen molar-refractivity contribution >= 4 is 17.7 Å². The van der Waals surface area contributed by atoms with Gasteiger partial charge in [-0.25, -0.2) is 4.79 Å². The first-order chi connectivity index (χ1) is 13.0. The monoisotopic (exact) mass is 382 g/mol. The lowest BCUT2D eigenvalue weighted by atomic mass is 9.81. The van der Waals surface area contributed by atoms with Crippen LogP contribution in [0, 0.1) is 5.92 Å². The highest BCUT2D eigenvalue weighted by atomic mass is 32.2. The molecule has 0 fully saturated rings. The number of carbonyl (C=O) groups excluding carboxylic acids is 1. The van der Waals surface area contributed by atoms with Crippen LogP contribution < -0.4 is 0 Å². The van der Waals surface area contributed by atoms with Gasteiger partial charge < -0.3 is 9.84 Å². The van der Waals surface area contributed by atoms with E-state index in [0.717, 1.165) is 17.7 Å². The molecule has 1 aliphatic rings. The second-order valence-electron chi connectivity index (χ2n) is 7.38. The Labute approximate surface area is 165 Å². The molecule has 0 amide bonds. The summed E-state index contributed by atoms with van der Waals surface area (Å²) in [4.78, 5) is 13.1. The molecule has 0 saturated carbocycles. The van der Waals surface area contributed by atoms with E-state index < -0.39 is 11.6 Å². The quantitative estimate of drug-likeness (QED) is 0.631. The zero-order valence-corrected chi connectivity index (χ0v) is 16.7. The van der Waals surface area contributed by atoms with Crippen molar-refractivity contribution < 1.29 is 14.6 Å². The third-order valence-electron chi connectivity index (χ3n) is 4.71. The molecule has 2 aromatic rings. The molecule has 0 spiro atoms. The standard InChI is InChI=1S/C23H26O3S/c1-17(2)15-23(19-11-7-4-8-12-19)16-20(24)21(22(25)26-23)27-14-13-18-9-5-3-6-10-18/h3-12,17,24H,13-16H2,1-2H3. The molecule has 1 heterocycles. The third kappa shape index (κ3) is 4.75. The first kappa shape index (κ1) is 19.6. The largest absolute Gasteiger partial charge is 0.511 e. The summed E-state index contributed by atoms with van der Waals surface area (Å²) < 4.78 is 5.98. The molecule has 142 valence electrons. The van der Waals surface area contributed by atoms with Crippen molar-refractivity contribution in [2.75, 3.05) is 5.75 Å². The molecular formula is C23H26O3S. The number of aryl methyl sites for hydroxylation is 1. The zero-order chi connectivity index (χ0) is 19.3. The Morgan fingerprint density at radius 1 is 1.07 bits per heavy atom. The average Bonchev–Trinajstić information content (AvgIpc) is 2.65. The number of benzene rings is 2. The smallest absolute Gasteiger partial charge is 0.348 e. The van der Waals surface area contributed by atoms with Gasteiger partial charge in [-0.2, -0.15) is 0 Å². The number of aliphatic hydroxyl groups excluding tert-OH is 1. The normalized spacial score (nSPS) is 20.0. The molecule has 2 aromatic carbocycles. The van der Waals surface area contributed by atoms with Gasteiger partial charge in [0.15, 0.2) is 0 Å². The van der Waals surface area contributed by atoms with E-state index in [-0.39, 0.29) is 5.76 Å². The summed E-state index contributed by atoms with van der Waals surface area (Å²) >= 11 is 1.38. The molecular weight excluding hydrogens is 356 g/mol. The number of hydrogen-bond donors (Lipinski definition) is 1. The number of ether oxygens (including phenoxy) is 1. The van der Waals surface area contributed by atoms with Crippen molar-refractivity contribution in [2.24, 2.45) is 5.92 Å². The summed E-state index contributed by atoms with van der Waals surface area (Å²) in [7, 11) is 0. The van der Waals surface area contributed by atoms with E-state index in [1.54, 1.807) is 0 Å². The van der Waals surface area contributed by atoms with E-state index in [9.17, 15) is 9.90 Å². The zero-order valence-electron chi connectivity index (χ0n) is 15.9. The van der Waals surface area contributed by atoms with Crippen LogP contribution in [0.2, 0.25) is 0 Å². The fraction of sp³-hybridized carbons (Fsp3) is 0.348. The predicted molar refractivity (Wildman–Crippen MR) is 111 cm³/mol. The maximum absolute atomic E-state index is 12.8. The minimum Gasteiger partial charge on any atom is -0.511 e. The van der Waals surface area contributed by atoms with E-state index >= 15 is 0 Å². The topological polar surface area (TPSA) is 46.5 Å². The van der Waals surface area contributed by atoms with Gasteiger partial charge in [0, 0.05) is 5.75 Å². The van der Waals surface area contributed by atoms with Gasteiger partial charge in [0.1, 0.15) is 16.3 Å². The first-order valence-electron chi connectivity index (χ1n) is 9.38. The Kier molecular flexibility index (Phi) is 6.27. The molecule has 1 atom stereocenters. The van der Waals surface area contributed by atoms with Crippen LogP contribution in [0.15, 0.2) is 71.3 Å². The highest BCUT2D eigenvalue weighted by molar-refractivity contribution is 8.04. The summed E-state index contributed by atoms with van der Waals surface area (Å²) in [5.74, 6) is 0.786. The molecule has 0 saturated heterocycles. The minimum absolute atomic E-state index is 0.147. The molecule has 0 radical (unpaired) electrons. The molecule has 0 bridgehead atoms. The van der Waals surface area contributed by atoms with Crippen LogP contribution in [-0.2, 0) is 21.6 Å². The molecule has 0 aliphatic carbocycles. The second kappa shape index (κ2) is 8.66. The van der Waals surface area contributed by atoms with Gasteiger partial charge in [0.2, 0.25) is 0 Å². The van der Waals surface area contributed by atoms with Gasteiger partial charge in [0.25, 0.3) is 0 Å². The molecule has 1 unspecified atom stereocenters. The number of thioether (sulfide) groups is 1. The number of hydrogen-bond acceptors (Lipinski definition) is 4. The van der Waals surface area contributed by atoms with Crippen molar-refractivity contribution in [1.82, 2.24) is 0 Å². The van der Waals surface area contributed by atoms with Crippen LogP contribution in [0.25, 0.3) is 0 Å². The van der Waals surface area contributed by atoms with Crippen LogP contribution in [0.1, 0.15) is 37.8 Å². The molecule has 27 heavy (non-hydrogen) atoms. The van der Waals surface area contributed by atoms with Gasteiger partial charge in [-0.15, -0.1) is 11.8 Å². The Balaban J connectivity index is 1.77. The highest BCUT2D eigenvalue weighted by Crippen LogP contribution is 2.44. The van der Waals surface area contributed by atoms with Gasteiger partial charge in [0.05, 0.1) is 6.42 Å². The van der Waals surface area contributed by atoms with Crippen LogP contribution >= 0.6 is 11.8 Å². The van der Waals surface area contributed by atoms with Crippen molar-refractivity contribution in [1.29, 1.82) is 0 Å². The molecule has 3 rings (SSSR count). The second-order valence-corrected chi connectivity index (χ2v) is 8.49. The SMILES string of the molecule is CC(C)CC1(c2ccccc2)CC(O)=C(SCCc2ccccc2)C(=O)O1. The number of rotatable bonds is 7. The Morgan fingerprint density at radius 2 is 1.70 bits per heavy atom. The van der Waals surface area contributed by atoms with E-state index in [2.05, 4.69) is 26.0 Å². The van der Waals surface area contributed by atoms with Gasteiger partial charge in [-0.3, -0.25) is 0 Å². The average molecular weight is 383 g/mol. The fourth-order valence-corrected chi connectivity index (χ4v) is 4.52. The lowest BCUT2D eigenvalue weighted by Gasteiger charge is -2.38. The number of cyclic esters (lactones) is 1. The van der Waals surface area contributed by atoms with Gasteiger partial charge in [-0.1, -0.05) is 74.5 Å². The lowest BCUT2D eigenvalue weighted by Crippen LogP contribution is -2.38. The summed E-state index contributed by atoms with van der Waals surface area (Å²) in [5.41, 5.74) is 1.36. The fourth-order valence-electron chi connectivity index (χ4n) is 3.58. The summed E-state index contributed by atoms with van der Waals surface area (Å²) in [6.07, 6.45) is 1.84. The maximum atomic E-state index is 12.8. The van der Waals surface area contributed by atoms with Crippen molar-refractivity contribution in [3.8, 4) is 0 Å². The van der Waals surface area contributed by atoms with E-state index in [1.165, 1.54) is 17.3 Å². The lowest BCUT2D eigenvalue weighted by molar-refractivity contribution is -0.161. The number of carbonyl (C=O) groups is 1. The van der Waals surface area contributed by atoms with Crippen LogP contribution in [-0.4, -0.2) is 16.8 Å². The van der Waals surface area contributed by atoms with Gasteiger partial charge in [-0.05, 0) is 29.9 Å². The first-order valence-corrected chi connectivity index (χ1v) is 10.4. The van der Waals surface area contributed by atoms with Crippen LogP contribution in [0.4, 0.5) is 0 Å². The van der Waals surface area contributed by atoms with Crippen molar-refractivity contribution in [3.63, 3.8) is 0 Å². The molecule has 1 N–H and O–H groups in total. The molecule has 3 nitrogen and oxygen atoms in total. The number of aliphatic hydroxyl groups is 1. The third-order valence-corrected chi connectivity index (χ3v) is 5.81. The van der Waals surface area contributed by atoms with Gasteiger partial charge >= 0.3 is 5.97 Å². The summed E-state index contributed by atoms with van der Waals surface area (Å²) in [5, 5.41) is 10.7. The Bertz CT molecular complexity index is 799. The summed E-state index contributed by atoms with van der Waals surface area (Å²) in [6.45, 7) is 4.20. The van der Waals surface area contributed by atoms with Crippen LogP contribution in [0.5, 0.6) is 0 Å². The molecule has 0 aromatic heterocycles. The highest BCUT2D eigenvalue weighted by Gasteiger charge is 2.43. The molecule has 1 aliphatic heterocycles. The minimum atomic E-state index is -0.792. The maximum Gasteiger partial charge on any atom is 0.348 e. The Morgan fingerprint density at radius 3 is 2.30 bits per heavy atom. The van der Waals surface area contributed by atoms with Crippen molar-refractivity contribution in [3.05, 3.63) is 82.5 Å². The van der Waals surface area contributed by atoms with E-state index in [1.807, 2.05) is 48.5 Å². The Hall–Kier alpha value is -2.20. The van der Waals surface area contributed by atoms with Crippen LogP contribution in [0.3, 0.4) is 0 Å². The summed E-state index contributed by atoms with van der Waals surface area (Å²) in [6, 6.07) is 19.9. The van der Waals surface area contributed by atoms with E-state index in [4.69, 9.17) is 4.74 Å². The van der Waals surface area contributed by atoms with E-state index in [0.29, 0.717) is 23.7 Å². The number of esters is 1.